The lowest BCUT2D eigenvalue weighted by Crippen LogP contribution is -2.17. The molecule has 0 aliphatic heterocycles. The topological polar surface area (TPSA) is 35.2 Å². The van der Waals surface area contributed by atoms with Crippen LogP contribution in [-0.4, -0.2) is 6.36 Å². The number of benzene rings is 2. The van der Waals surface area contributed by atoms with Crippen LogP contribution in [0.5, 0.6) is 5.75 Å². The lowest BCUT2D eigenvalue weighted by atomic mass is 9.99. The van der Waals surface area contributed by atoms with Gasteiger partial charge in [0.2, 0.25) is 0 Å². The summed E-state index contributed by atoms with van der Waals surface area (Å²) in [6.07, 6.45) is -4.77. The molecule has 0 aromatic heterocycles. The number of nitrogens with two attached hydrogens (primary N) is 1. The first-order valence-electron chi connectivity index (χ1n) is 5.74. The summed E-state index contributed by atoms with van der Waals surface area (Å²) in [6, 6.07) is 9.67. The van der Waals surface area contributed by atoms with E-state index in [2.05, 4.69) is 4.74 Å². The molecule has 2 nitrogen and oxygen atoms in total. The lowest BCUT2D eigenvalue weighted by molar-refractivity contribution is -0.274. The van der Waals surface area contributed by atoms with Crippen LogP contribution in [0.1, 0.15) is 5.56 Å². The van der Waals surface area contributed by atoms with Gasteiger partial charge in [0.1, 0.15) is 11.6 Å². The third kappa shape index (κ3) is 3.27. The van der Waals surface area contributed by atoms with Gasteiger partial charge >= 0.3 is 6.36 Å². The van der Waals surface area contributed by atoms with E-state index < -0.39 is 12.2 Å². The minimum absolute atomic E-state index is 0.0492. The first-order valence-corrected chi connectivity index (χ1v) is 5.74. The second kappa shape index (κ2) is 5.50. The molecule has 2 N–H and O–H groups in total. The highest BCUT2D eigenvalue weighted by atomic mass is 19.4. The molecule has 0 aliphatic rings. The molecule has 0 bridgehead atoms. The average Bonchev–Trinajstić information content (AvgIpc) is 2.36. The maximum absolute atomic E-state index is 13.6. The number of ether oxygens (including phenoxy) is 1. The molecule has 0 atom stereocenters. The molecule has 106 valence electrons. The van der Waals surface area contributed by atoms with Gasteiger partial charge in [0, 0.05) is 12.1 Å². The molecule has 0 fully saturated rings. The molecule has 2 rings (SSSR count). The monoisotopic (exact) mass is 285 g/mol. The number of hydrogen-bond acceptors (Lipinski definition) is 2. The summed E-state index contributed by atoms with van der Waals surface area (Å²) >= 11 is 0. The second-order valence-corrected chi connectivity index (χ2v) is 4.05. The second-order valence-electron chi connectivity index (χ2n) is 4.05. The van der Waals surface area contributed by atoms with Crippen LogP contribution in [0.25, 0.3) is 11.1 Å². The normalized spacial score (nSPS) is 11.4. The Hall–Kier alpha value is -2.08. The molecule has 0 spiro atoms. The van der Waals surface area contributed by atoms with Gasteiger partial charge in [-0.25, -0.2) is 4.39 Å². The molecule has 2 aromatic rings. The first-order chi connectivity index (χ1) is 9.40. The van der Waals surface area contributed by atoms with E-state index in [1.807, 2.05) is 0 Å². The maximum atomic E-state index is 13.6. The van der Waals surface area contributed by atoms with Gasteiger partial charge in [0.25, 0.3) is 0 Å². The zero-order chi connectivity index (χ0) is 14.8. The predicted octanol–water partition coefficient (Wildman–Crippen LogP) is 3.85. The van der Waals surface area contributed by atoms with Crippen molar-refractivity contribution in [1.82, 2.24) is 0 Å². The van der Waals surface area contributed by atoms with Crippen LogP contribution in [0.2, 0.25) is 0 Å². The summed E-state index contributed by atoms with van der Waals surface area (Å²) in [7, 11) is 0. The van der Waals surface area contributed by atoms with E-state index in [1.165, 1.54) is 30.3 Å². The van der Waals surface area contributed by atoms with Crippen molar-refractivity contribution in [2.24, 2.45) is 5.73 Å². The third-order valence-electron chi connectivity index (χ3n) is 2.70. The van der Waals surface area contributed by atoms with Gasteiger partial charge in [0.15, 0.2) is 0 Å². The average molecular weight is 285 g/mol. The summed E-state index contributed by atoms with van der Waals surface area (Å²) in [5, 5.41) is 0. The van der Waals surface area contributed by atoms with Gasteiger partial charge in [-0.1, -0.05) is 24.3 Å². The molecule has 6 heteroatoms. The third-order valence-corrected chi connectivity index (χ3v) is 2.70. The predicted molar refractivity (Wildman–Crippen MR) is 66.4 cm³/mol. The lowest BCUT2D eigenvalue weighted by Gasteiger charge is -2.12. The smallest absolute Gasteiger partial charge is 0.406 e. The summed E-state index contributed by atoms with van der Waals surface area (Å²) < 4.78 is 54.0. The first kappa shape index (κ1) is 14.3. The Morgan fingerprint density at radius 2 is 1.75 bits per heavy atom. The van der Waals surface area contributed by atoms with E-state index in [9.17, 15) is 17.6 Å². The standard InChI is InChI=1S/C14H11F4NO/c15-13-6-2-5-11(12(13)8-19)9-3-1-4-10(7-9)20-14(16,17)18/h1-7H,8,19H2. The van der Waals surface area contributed by atoms with Gasteiger partial charge in [-0.15, -0.1) is 13.2 Å². The van der Waals surface area contributed by atoms with Crippen molar-refractivity contribution in [2.75, 3.05) is 0 Å². The van der Waals surface area contributed by atoms with E-state index in [0.29, 0.717) is 11.1 Å². The highest BCUT2D eigenvalue weighted by Gasteiger charge is 2.31. The van der Waals surface area contributed by atoms with E-state index >= 15 is 0 Å². The Bertz CT molecular complexity index is 610. The fourth-order valence-electron chi connectivity index (χ4n) is 1.90. The van der Waals surface area contributed by atoms with Crippen LogP contribution in [0.4, 0.5) is 17.6 Å². The summed E-state index contributed by atoms with van der Waals surface area (Å²) in [5.74, 6) is -0.852. The Morgan fingerprint density at radius 1 is 1.05 bits per heavy atom. The molecule has 0 saturated carbocycles. The van der Waals surface area contributed by atoms with Gasteiger partial charge in [0.05, 0.1) is 0 Å². The zero-order valence-corrected chi connectivity index (χ0v) is 10.2. The summed E-state index contributed by atoms with van der Waals surface area (Å²) in [4.78, 5) is 0. The fraction of sp³-hybridized carbons (Fsp3) is 0.143. The Balaban J connectivity index is 2.44. The quantitative estimate of drug-likeness (QED) is 0.869. The number of halogens is 4. The molecule has 0 saturated heterocycles. The molecule has 0 unspecified atom stereocenters. The molecule has 0 heterocycles. The van der Waals surface area contributed by atoms with Crippen molar-refractivity contribution in [3.63, 3.8) is 0 Å². The Morgan fingerprint density at radius 3 is 2.40 bits per heavy atom. The van der Waals surface area contributed by atoms with E-state index in [1.54, 1.807) is 12.1 Å². The maximum Gasteiger partial charge on any atom is 0.573 e. The largest absolute Gasteiger partial charge is 0.573 e. The number of hydrogen-bond donors (Lipinski definition) is 1. The highest BCUT2D eigenvalue weighted by Crippen LogP contribution is 2.30. The molecular weight excluding hydrogens is 274 g/mol. The molecule has 20 heavy (non-hydrogen) atoms. The van der Waals surface area contributed by atoms with Crippen LogP contribution in [0, 0.1) is 5.82 Å². The molecule has 0 radical (unpaired) electrons. The van der Waals surface area contributed by atoms with E-state index in [0.717, 1.165) is 0 Å². The minimum atomic E-state index is -4.77. The Kier molecular flexibility index (Phi) is 3.94. The van der Waals surface area contributed by atoms with Crippen LogP contribution in [-0.2, 0) is 6.54 Å². The number of alkyl halides is 3. The molecular formula is C14H11F4NO. The number of rotatable bonds is 3. The van der Waals surface area contributed by atoms with Gasteiger partial charge in [-0.3, -0.25) is 0 Å². The van der Waals surface area contributed by atoms with Crippen molar-refractivity contribution in [3.05, 3.63) is 53.8 Å². The van der Waals surface area contributed by atoms with Crippen LogP contribution >= 0.6 is 0 Å². The highest BCUT2D eigenvalue weighted by molar-refractivity contribution is 5.68. The van der Waals surface area contributed by atoms with E-state index in [-0.39, 0.29) is 17.9 Å². The SMILES string of the molecule is NCc1c(F)cccc1-c1cccc(OC(F)(F)F)c1. The molecule has 2 aromatic carbocycles. The van der Waals surface area contributed by atoms with Crippen LogP contribution in [0.3, 0.4) is 0 Å². The van der Waals surface area contributed by atoms with E-state index in [4.69, 9.17) is 5.73 Å². The van der Waals surface area contributed by atoms with Crippen molar-refractivity contribution in [1.29, 1.82) is 0 Å². The van der Waals surface area contributed by atoms with Gasteiger partial charge in [-0.05, 0) is 29.3 Å². The summed E-state index contributed by atoms with van der Waals surface area (Å²) in [5.41, 5.74) is 6.58. The van der Waals surface area contributed by atoms with Gasteiger partial charge < -0.3 is 10.5 Å². The van der Waals surface area contributed by atoms with Crippen molar-refractivity contribution < 1.29 is 22.3 Å². The summed E-state index contributed by atoms with van der Waals surface area (Å²) in [6.45, 7) is -0.0492. The minimum Gasteiger partial charge on any atom is -0.406 e. The van der Waals surface area contributed by atoms with Crippen LogP contribution in [0.15, 0.2) is 42.5 Å². The van der Waals surface area contributed by atoms with Crippen molar-refractivity contribution in [3.8, 4) is 16.9 Å². The van der Waals surface area contributed by atoms with Crippen molar-refractivity contribution in [2.45, 2.75) is 12.9 Å². The zero-order valence-electron chi connectivity index (χ0n) is 10.2. The Labute approximate surface area is 112 Å². The van der Waals surface area contributed by atoms with Gasteiger partial charge in [-0.2, -0.15) is 0 Å². The van der Waals surface area contributed by atoms with Crippen molar-refractivity contribution >= 4 is 0 Å². The fourth-order valence-corrected chi connectivity index (χ4v) is 1.90. The van der Waals surface area contributed by atoms with Crippen LogP contribution < -0.4 is 10.5 Å². The molecule has 0 aliphatic carbocycles. The molecule has 0 amide bonds.